The van der Waals surface area contributed by atoms with E-state index in [0.717, 1.165) is 11.3 Å². The van der Waals surface area contributed by atoms with Crippen LogP contribution in [-0.4, -0.2) is 41.0 Å². The molecule has 1 aromatic heterocycles. The van der Waals surface area contributed by atoms with Crippen LogP contribution in [0.4, 0.5) is 0 Å². The third-order valence-corrected chi connectivity index (χ3v) is 4.11. The molecule has 20 heavy (non-hydrogen) atoms. The highest BCUT2D eigenvalue weighted by molar-refractivity contribution is 7.09. The minimum absolute atomic E-state index is 0.0324. The summed E-state index contributed by atoms with van der Waals surface area (Å²) in [6, 6.07) is 3.92. The van der Waals surface area contributed by atoms with Crippen LogP contribution in [0.1, 0.15) is 31.6 Å². The quantitative estimate of drug-likeness (QED) is 0.769. The van der Waals surface area contributed by atoms with Gasteiger partial charge in [0.2, 0.25) is 5.91 Å². The van der Waals surface area contributed by atoms with E-state index in [4.69, 9.17) is 0 Å². The van der Waals surface area contributed by atoms with E-state index in [1.54, 1.807) is 30.2 Å². The first-order chi connectivity index (χ1) is 9.39. The number of carbonyl (C=O) groups excluding carboxylic acids is 1. The van der Waals surface area contributed by atoms with Crippen molar-refractivity contribution in [3.8, 4) is 0 Å². The van der Waals surface area contributed by atoms with E-state index in [1.165, 1.54) is 0 Å². The first-order valence-corrected chi connectivity index (χ1v) is 7.52. The topological polar surface area (TPSA) is 69.6 Å². The van der Waals surface area contributed by atoms with Crippen LogP contribution in [0.5, 0.6) is 0 Å². The molecule has 2 N–H and O–H groups in total. The smallest absolute Gasteiger partial charge is 0.323 e. The number of aliphatic carboxylic acids is 1. The van der Waals surface area contributed by atoms with Crippen LogP contribution in [0.2, 0.25) is 0 Å². The molecule has 0 saturated carbocycles. The Morgan fingerprint density at radius 1 is 1.50 bits per heavy atom. The van der Waals surface area contributed by atoms with Crippen LogP contribution < -0.4 is 5.32 Å². The molecule has 0 aromatic carbocycles. The Morgan fingerprint density at radius 3 is 2.70 bits per heavy atom. The summed E-state index contributed by atoms with van der Waals surface area (Å²) >= 11 is 1.60. The summed E-state index contributed by atoms with van der Waals surface area (Å²) in [6.07, 6.45) is 1.24. The summed E-state index contributed by atoms with van der Waals surface area (Å²) < 4.78 is 0. The van der Waals surface area contributed by atoms with E-state index in [0.29, 0.717) is 13.0 Å². The van der Waals surface area contributed by atoms with E-state index >= 15 is 0 Å². The Bertz CT molecular complexity index is 447. The molecule has 0 radical (unpaired) electrons. The van der Waals surface area contributed by atoms with Crippen molar-refractivity contribution >= 4 is 23.2 Å². The van der Waals surface area contributed by atoms with Crippen LogP contribution in [0.3, 0.4) is 0 Å². The van der Waals surface area contributed by atoms with Crippen LogP contribution in [-0.2, 0) is 16.1 Å². The van der Waals surface area contributed by atoms with Crippen LogP contribution in [0.15, 0.2) is 17.5 Å². The number of nitrogens with one attached hydrogen (secondary N) is 1. The van der Waals surface area contributed by atoms with Crippen molar-refractivity contribution in [2.24, 2.45) is 0 Å². The largest absolute Gasteiger partial charge is 0.480 e. The van der Waals surface area contributed by atoms with Gasteiger partial charge in [-0.2, -0.15) is 0 Å². The van der Waals surface area contributed by atoms with Crippen molar-refractivity contribution < 1.29 is 14.7 Å². The van der Waals surface area contributed by atoms with Gasteiger partial charge in [-0.1, -0.05) is 19.4 Å². The van der Waals surface area contributed by atoms with Gasteiger partial charge in [0.05, 0.1) is 13.1 Å². The minimum Gasteiger partial charge on any atom is -0.480 e. The van der Waals surface area contributed by atoms with Gasteiger partial charge in [-0.15, -0.1) is 11.3 Å². The highest BCUT2D eigenvalue weighted by atomic mass is 32.1. The molecule has 0 aliphatic carbocycles. The van der Waals surface area contributed by atoms with Crippen molar-refractivity contribution in [2.45, 2.75) is 38.8 Å². The van der Waals surface area contributed by atoms with Gasteiger partial charge in [-0.05, 0) is 24.8 Å². The molecule has 5 nitrogen and oxygen atoms in total. The first-order valence-electron chi connectivity index (χ1n) is 6.64. The van der Waals surface area contributed by atoms with Crippen molar-refractivity contribution in [3.05, 3.63) is 22.4 Å². The monoisotopic (exact) mass is 298 g/mol. The summed E-state index contributed by atoms with van der Waals surface area (Å²) in [5, 5.41) is 14.1. The molecular formula is C14H22N2O3S. The number of likely N-dealkylation sites (N-methyl/N-ethyl adjacent to an activating group) is 1. The lowest BCUT2D eigenvalue weighted by Crippen LogP contribution is -2.52. The van der Waals surface area contributed by atoms with Gasteiger partial charge in [0, 0.05) is 11.9 Å². The molecule has 1 amide bonds. The molecule has 0 fully saturated rings. The molecule has 1 heterocycles. The highest BCUT2D eigenvalue weighted by Gasteiger charge is 2.32. The number of thiophene rings is 1. The second-order valence-electron chi connectivity index (χ2n) is 5.07. The number of hydrogen-bond acceptors (Lipinski definition) is 4. The zero-order chi connectivity index (χ0) is 15.2. The minimum atomic E-state index is -1.05. The maximum Gasteiger partial charge on any atom is 0.323 e. The molecular weight excluding hydrogens is 276 g/mol. The molecule has 1 unspecified atom stereocenters. The molecule has 0 spiro atoms. The van der Waals surface area contributed by atoms with E-state index in [9.17, 15) is 14.7 Å². The van der Waals surface area contributed by atoms with E-state index < -0.39 is 11.5 Å². The maximum atomic E-state index is 12.0. The average Bonchev–Trinajstić information content (AvgIpc) is 2.88. The van der Waals surface area contributed by atoms with Gasteiger partial charge in [-0.3, -0.25) is 14.9 Å². The number of carboxylic acid groups (broad SMARTS) is 1. The van der Waals surface area contributed by atoms with Crippen molar-refractivity contribution in [3.63, 3.8) is 0 Å². The fourth-order valence-electron chi connectivity index (χ4n) is 1.90. The summed E-state index contributed by atoms with van der Waals surface area (Å²) in [4.78, 5) is 26.0. The summed E-state index contributed by atoms with van der Waals surface area (Å²) in [6.45, 7) is 4.12. The lowest BCUT2D eigenvalue weighted by molar-refractivity contribution is -0.144. The van der Waals surface area contributed by atoms with Crippen molar-refractivity contribution in [1.29, 1.82) is 0 Å². The second-order valence-corrected chi connectivity index (χ2v) is 6.10. The summed E-state index contributed by atoms with van der Waals surface area (Å²) in [5.74, 6) is -1.03. The zero-order valence-electron chi connectivity index (χ0n) is 12.2. The fourth-order valence-corrected chi connectivity index (χ4v) is 2.66. The lowest BCUT2D eigenvalue weighted by Gasteiger charge is -2.27. The van der Waals surface area contributed by atoms with Crippen LogP contribution in [0, 0.1) is 0 Å². The summed E-state index contributed by atoms with van der Waals surface area (Å²) in [5.41, 5.74) is -1.05. The van der Waals surface area contributed by atoms with E-state index in [-0.39, 0.29) is 12.5 Å². The van der Waals surface area contributed by atoms with Crippen LogP contribution in [0.25, 0.3) is 0 Å². The summed E-state index contributed by atoms with van der Waals surface area (Å²) in [7, 11) is 1.72. The van der Waals surface area contributed by atoms with Gasteiger partial charge in [-0.25, -0.2) is 0 Å². The number of hydrogen-bond donors (Lipinski definition) is 2. The molecule has 0 aliphatic rings. The van der Waals surface area contributed by atoms with Gasteiger partial charge in [0.25, 0.3) is 0 Å². The van der Waals surface area contributed by atoms with E-state index in [1.807, 2.05) is 24.4 Å². The predicted molar refractivity (Wildman–Crippen MR) is 79.7 cm³/mol. The van der Waals surface area contributed by atoms with Crippen molar-refractivity contribution in [1.82, 2.24) is 10.2 Å². The predicted octanol–water partition coefficient (Wildman–Crippen LogP) is 1.94. The Balaban J connectivity index is 2.50. The second kappa shape index (κ2) is 7.40. The Kier molecular flexibility index (Phi) is 6.16. The molecule has 1 rings (SSSR count). The third kappa shape index (κ3) is 4.61. The zero-order valence-corrected chi connectivity index (χ0v) is 13.0. The Morgan fingerprint density at radius 2 is 2.20 bits per heavy atom. The molecule has 0 bridgehead atoms. The number of nitrogens with zero attached hydrogens (tertiary/aromatic N) is 1. The standard InChI is InChI=1S/C14H22N2O3S/c1-4-7-14(2,13(18)19)15-9-12(17)16(3)10-11-6-5-8-20-11/h5-6,8,15H,4,7,9-10H2,1-3H3,(H,18,19). The number of carbonyl (C=O) groups is 2. The average molecular weight is 298 g/mol. The fraction of sp³-hybridized carbons (Fsp3) is 0.571. The molecule has 0 aliphatic heterocycles. The van der Waals surface area contributed by atoms with E-state index in [2.05, 4.69) is 5.32 Å². The third-order valence-electron chi connectivity index (χ3n) is 3.25. The Hall–Kier alpha value is -1.40. The lowest BCUT2D eigenvalue weighted by atomic mass is 9.96. The SMILES string of the molecule is CCCC(C)(NCC(=O)N(C)Cc1cccs1)C(=O)O. The van der Waals surface area contributed by atoms with Gasteiger partial charge < -0.3 is 10.0 Å². The van der Waals surface area contributed by atoms with Gasteiger partial charge in [0.15, 0.2) is 0 Å². The molecule has 1 aromatic rings. The normalized spacial score (nSPS) is 13.8. The molecule has 0 saturated heterocycles. The van der Waals surface area contributed by atoms with Gasteiger partial charge in [0.1, 0.15) is 5.54 Å². The highest BCUT2D eigenvalue weighted by Crippen LogP contribution is 2.13. The molecule has 6 heteroatoms. The number of amides is 1. The molecule has 1 atom stereocenters. The Labute approximate surface area is 123 Å². The van der Waals surface area contributed by atoms with Gasteiger partial charge >= 0.3 is 5.97 Å². The first kappa shape index (κ1) is 16.7. The number of carboxylic acids is 1. The molecule has 112 valence electrons. The maximum absolute atomic E-state index is 12.0. The number of rotatable bonds is 8. The van der Waals surface area contributed by atoms with Crippen molar-refractivity contribution in [2.75, 3.05) is 13.6 Å². The van der Waals surface area contributed by atoms with Crippen LogP contribution >= 0.6 is 11.3 Å².